The number of hydrogen-bond donors (Lipinski definition) is 1. The van der Waals surface area contributed by atoms with Gasteiger partial charge in [-0.1, -0.05) is 28.1 Å². The van der Waals surface area contributed by atoms with E-state index in [9.17, 15) is 12.8 Å². The molecule has 2 aromatic rings. The molecular weight excluding hydrogens is 345 g/mol. The van der Waals surface area contributed by atoms with Crippen molar-refractivity contribution in [3.63, 3.8) is 0 Å². The summed E-state index contributed by atoms with van der Waals surface area (Å²) in [5.41, 5.74) is 1.89. The number of aryl methyl sites for hydroxylation is 1. The third kappa shape index (κ3) is 3.37. The first-order chi connectivity index (χ1) is 9.42. The molecule has 0 saturated carbocycles. The van der Waals surface area contributed by atoms with Gasteiger partial charge in [0.25, 0.3) is 10.0 Å². The van der Waals surface area contributed by atoms with E-state index in [0.29, 0.717) is 16.6 Å². The number of alkyl halides is 1. The molecule has 0 aliphatic rings. The van der Waals surface area contributed by atoms with E-state index in [0.717, 1.165) is 5.56 Å². The molecule has 0 atom stereocenters. The maximum absolute atomic E-state index is 13.0. The third-order valence-corrected chi connectivity index (χ3v) is 4.85. The van der Waals surface area contributed by atoms with Gasteiger partial charge >= 0.3 is 0 Å². The number of hydrogen-bond acceptors (Lipinski definition) is 2. The normalized spacial score (nSPS) is 11.3. The number of anilines is 1. The van der Waals surface area contributed by atoms with Gasteiger partial charge in [0.15, 0.2) is 0 Å². The van der Waals surface area contributed by atoms with Gasteiger partial charge in [-0.05, 0) is 48.4 Å². The van der Waals surface area contributed by atoms with Crippen LogP contribution in [-0.2, 0) is 15.4 Å². The first kappa shape index (κ1) is 15.0. The summed E-state index contributed by atoms with van der Waals surface area (Å²) in [6.07, 6.45) is 0. The van der Waals surface area contributed by atoms with Gasteiger partial charge in [-0.3, -0.25) is 4.72 Å². The molecule has 6 heteroatoms. The molecule has 20 heavy (non-hydrogen) atoms. The topological polar surface area (TPSA) is 46.2 Å². The Hall–Kier alpha value is -1.40. The lowest BCUT2D eigenvalue weighted by atomic mass is 10.2. The van der Waals surface area contributed by atoms with Crippen LogP contribution in [-0.4, -0.2) is 8.42 Å². The van der Waals surface area contributed by atoms with Crippen molar-refractivity contribution >= 4 is 31.6 Å². The van der Waals surface area contributed by atoms with E-state index in [-0.39, 0.29) is 4.90 Å². The van der Waals surface area contributed by atoms with Gasteiger partial charge < -0.3 is 0 Å². The Morgan fingerprint density at radius 1 is 1.15 bits per heavy atom. The highest BCUT2D eigenvalue weighted by atomic mass is 79.9. The van der Waals surface area contributed by atoms with Gasteiger partial charge in [0.05, 0.1) is 10.6 Å². The van der Waals surface area contributed by atoms with E-state index in [2.05, 4.69) is 20.7 Å². The molecule has 0 bridgehead atoms. The fraction of sp³-hybridized carbons (Fsp3) is 0.143. The van der Waals surface area contributed by atoms with E-state index < -0.39 is 15.8 Å². The van der Waals surface area contributed by atoms with Crippen molar-refractivity contribution in [2.24, 2.45) is 0 Å². The SMILES string of the molecule is Cc1cc(F)ccc1NS(=O)(=O)c1ccc(CBr)cc1. The predicted octanol–water partition coefficient (Wildman–Crippen LogP) is 3.83. The summed E-state index contributed by atoms with van der Waals surface area (Å²) in [7, 11) is -3.66. The zero-order valence-electron chi connectivity index (χ0n) is 10.7. The van der Waals surface area contributed by atoms with E-state index >= 15 is 0 Å². The summed E-state index contributed by atoms with van der Waals surface area (Å²) in [5, 5.41) is 0.665. The zero-order valence-corrected chi connectivity index (χ0v) is 13.1. The van der Waals surface area contributed by atoms with Gasteiger partial charge in [0, 0.05) is 5.33 Å². The molecule has 0 radical (unpaired) electrons. The largest absolute Gasteiger partial charge is 0.279 e. The number of sulfonamides is 1. The molecule has 2 aromatic carbocycles. The van der Waals surface area contributed by atoms with Gasteiger partial charge in [-0.2, -0.15) is 0 Å². The maximum atomic E-state index is 13.0. The molecule has 3 nitrogen and oxygen atoms in total. The van der Waals surface area contributed by atoms with E-state index in [1.165, 1.54) is 30.3 Å². The Morgan fingerprint density at radius 2 is 1.80 bits per heavy atom. The van der Waals surface area contributed by atoms with Crippen LogP contribution in [0.25, 0.3) is 0 Å². The fourth-order valence-electron chi connectivity index (χ4n) is 1.70. The van der Waals surface area contributed by atoms with Crippen molar-refractivity contribution in [2.45, 2.75) is 17.1 Å². The molecule has 0 unspecified atom stereocenters. The highest BCUT2D eigenvalue weighted by Gasteiger charge is 2.15. The minimum atomic E-state index is -3.66. The Labute approximate surface area is 126 Å². The number of nitrogens with one attached hydrogen (secondary N) is 1. The van der Waals surface area contributed by atoms with Gasteiger partial charge in [-0.15, -0.1) is 0 Å². The second-order valence-corrected chi connectivity index (χ2v) is 6.59. The summed E-state index contributed by atoms with van der Waals surface area (Å²) in [4.78, 5) is 0.172. The number of benzene rings is 2. The van der Waals surface area contributed by atoms with Crippen LogP contribution in [0.1, 0.15) is 11.1 Å². The fourth-order valence-corrected chi connectivity index (χ4v) is 3.21. The Bertz CT molecular complexity index is 714. The minimum absolute atomic E-state index is 0.172. The molecule has 0 amide bonds. The number of rotatable bonds is 4. The second-order valence-electron chi connectivity index (χ2n) is 4.34. The van der Waals surface area contributed by atoms with Crippen LogP contribution in [0, 0.1) is 12.7 Å². The first-order valence-corrected chi connectivity index (χ1v) is 8.47. The van der Waals surface area contributed by atoms with Gasteiger partial charge in [-0.25, -0.2) is 12.8 Å². The average Bonchev–Trinajstić information content (AvgIpc) is 2.42. The monoisotopic (exact) mass is 357 g/mol. The quantitative estimate of drug-likeness (QED) is 0.845. The third-order valence-electron chi connectivity index (χ3n) is 2.82. The van der Waals surface area contributed by atoms with Crippen LogP contribution < -0.4 is 4.72 Å². The molecular formula is C14H13BrFNO2S. The molecule has 0 aromatic heterocycles. The molecule has 0 heterocycles. The number of halogens is 2. The smallest absolute Gasteiger partial charge is 0.261 e. The summed E-state index contributed by atoms with van der Waals surface area (Å²) in [6, 6.07) is 10.5. The highest BCUT2D eigenvalue weighted by molar-refractivity contribution is 9.08. The highest BCUT2D eigenvalue weighted by Crippen LogP contribution is 2.21. The van der Waals surface area contributed by atoms with Gasteiger partial charge in [0.1, 0.15) is 5.82 Å². The lowest BCUT2D eigenvalue weighted by molar-refractivity contribution is 0.601. The van der Waals surface area contributed by atoms with Crippen molar-refractivity contribution < 1.29 is 12.8 Å². The molecule has 0 aliphatic heterocycles. The summed E-state index contributed by atoms with van der Waals surface area (Å²) in [5.74, 6) is -0.396. The lowest BCUT2D eigenvalue weighted by Gasteiger charge is -2.11. The van der Waals surface area contributed by atoms with Crippen LogP contribution >= 0.6 is 15.9 Å². The summed E-state index contributed by atoms with van der Waals surface area (Å²) in [6.45, 7) is 1.65. The van der Waals surface area contributed by atoms with Crippen LogP contribution in [0.2, 0.25) is 0 Å². The maximum Gasteiger partial charge on any atom is 0.261 e. The Balaban J connectivity index is 2.30. The minimum Gasteiger partial charge on any atom is -0.279 e. The van der Waals surface area contributed by atoms with E-state index in [1.54, 1.807) is 19.1 Å². The van der Waals surface area contributed by atoms with Crippen LogP contribution in [0.3, 0.4) is 0 Å². The van der Waals surface area contributed by atoms with Crippen LogP contribution in [0.5, 0.6) is 0 Å². The molecule has 0 aliphatic carbocycles. The molecule has 2 rings (SSSR count). The molecule has 1 N–H and O–H groups in total. The van der Waals surface area contributed by atoms with Crippen molar-refractivity contribution in [2.75, 3.05) is 4.72 Å². The van der Waals surface area contributed by atoms with Crippen molar-refractivity contribution in [1.82, 2.24) is 0 Å². The average molecular weight is 358 g/mol. The Morgan fingerprint density at radius 3 is 2.35 bits per heavy atom. The predicted molar refractivity (Wildman–Crippen MR) is 81.0 cm³/mol. The summed E-state index contributed by atoms with van der Waals surface area (Å²) >= 11 is 3.30. The van der Waals surface area contributed by atoms with E-state index in [4.69, 9.17) is 0 Å². The van der Waals surface area contributed by atoms with E-state index in [1.807, 2.05) is 0 Å². The molecule has 0 fully saturated rings. The van der Waals surface area contributed by atoms with Crippen molar-refractivity contribution in [3.05, 3.63) is 59.4 Å². The zero-order chi connectivity index (χ0) is 14.8. The Kier molecular flexibility index (Phi) is 4.45. The van der Waals surface area contributed by atoms with Crippen molar-refractivity contribution in [1.29, 1.82) is 0 Å². The first-order valence-electron chi connectivity index (χ1n) is 5.86. The van der Waals surface area contributed by atoms with Gasteiger partial charge in [0.2, 0.25) is 0 Å². The molecule has 0 saturated heterocycles. The van der Waals surface area contributed by atoms with Crippen LogP contribution in [0.4, 0.5) is 10.1 Å². The molecule has 0 spiro atoms. The van der Waals surface area contributed by atoms with Crippen molar-refractivity contribution in [3.8, 4) is 0 Å². The second kappa shape index (κ2) is 5.93. The summed E-state index contributed by atoms with van der Waals surface area (Å²) < 4.78 is 39.9. The van der Waals surface area contributed by atoms with Crippen LogP contribution in [0.15, 0.2) is 47.4 Å². The molecule has 106 valence electrons. The lowest BCUT2D eigenvalue weighted by Crippen LogP contribution is -2.13. The standard InChI is InChI=1S/C14H13BrFNO2S/c1-10-8-12(16)4-7-14(10)17-20(18,19)13-5-2-11(9-15)3-6-13/h2-8,17H,9H2,1H3.